The molecule has 2 aliphatic rings. The van der Waals surface area contributed by atoms with Crippen molar-refractivity contribution in [3.05, 3.63) is 47.0 Å². The van der Waals surface area contributed by atoms with Crippen LogP contribution in [0, 0.1) is 0 Å². The zero-order valence-electron chi connectivity index (χ0n) is 18.6. The summed E-state index contributed by atoms with van der Waals surface area (Å²) in [5.74, 6) is 1.34. The SMILES string of the molecule is CCCOC[C@@H]1C[C@]2(N=C(N)N(C)C2=O)c2cc(-c3cc(Cl)ccc3OCC)ccc2O1. The molecule has 32 heavy (non-hydrogen) atoms. The van der Waals surface area contributed by atoms with Crippen molar-refractivity contribution in [1.29, 1.82) is 0 Å². The van der Waals surface area contributed by atoms with E-state index in [1.165, 1.54) is 4.90 Å². The summed E-state index contributed by atoms with van der Waals surface area (Å²) in [6, 6.07) is 11.2. The largest absolute Gasteiger partial charge is 0.493 e. The highest BCUT2D eigenvalue weighted by Gasteiger charge is 2.53. The third kappa shape index (κ3) is 3.91. The summed E-state index contributed by atoms with van der Waals surface area (Å²) in [5, 5.41) is 0.596. The van der Waals surface area contributed by atoms with E-state index in [1.807, 2.05) is 44.2 Å². The van der Waals surface area contributed by atoms with Gasteiger partial charge in [-0.2, -0.15) is 0 Å². The summed E-state index contributed by atoms with van der Waals surface area (Å²) in [6.07, 6.45) is 0.953. The Morgan fingerprint density at radius 2 is 2.09 bits per heavy atom. The van der Waals surface area contributed by atoms with E-state index in [9.17, 15) is 4.79 Å². The summed E-state index contributed by atoms with van der Waals surface area (Å²) >= 11 is 6.28. The zero-order valence-corrected chi connectivity index (χ0v) is 19.3. The molecule has 8 heteroatoms. The monoisotopic (exact) mass is 457 g/mol. The zero-order chi connectivity index (χ0) is 22.9. The lowest BCUT2D eigenvalue weighted by atomic mass is 9.80. The van der Waals surface area contributed by atoms with E-state index in [0.29, 0.717) is 48.3 Å². The Hall–Kier alpha value is -2.77. The number of aliphatic imine (C=N–C) groups is 1. The molecule has 7 nitrogen and oxygen atoms in total. The Morgan fingerprint density at radius 3 is 2.78 bits per heavy atom. The average Bonchev–Trinajstić information content (AvgIpc) is 2.99. The van der Waals surface area contributed by atoms with Crippen LogP contribution in [-0.2, 0) is 15.1 Å². The van der Waals surface area contributed by atoms with E-state index >= 15 is 0 Å². The van der Waals surface area contributed by atoms with Gasteiger partial charge in [-0.05, 0) is 49.2 Å². The van der Waals surface area contributed by atoms with E-state index in [0.717, 1.165) is 17.5 Å². The summed E-state index contributed by atoms with van der Waals surface area (Å²) in [7, 11) is 1.64. The number of guanidine groups is 1. The highest BCUT2D eigenvalue weighted by atomic mass is 35.5. The average molecular weight is 458 g/mol. The third-order valence-electron chi connectivity index (χ3n) is 5.75. The molecule has 1 spiro atoms. The Balaban J connectivity index is 1.81. The van der Waals surface area contributed by atoms with Crippen molar-refractivity contribution < 1.29 is 19.0 Å². The molecule has 170 valence electrons. The van der Waals surface area contributed by atoms with Gasteiger partial charge in [0.25, 0.3) is 5.91 Å². The third-order valence-corrected chi connectivity index (χ3v) is 5.99. The summed E-state index contributed by atoms with van der Waals surface area (Å²) in [5.41, 5.74) is 7.30. The van der Waals surface area contributed by atoms with E-state index in [1.54, 1.807) is 13.1 Å². The Labute approximate surface area is 193 Å². The summed E-state index contributed by atoms with van der Waals surface area (Å²) in [4.78, 5) is 19.4. The standard InChI is InChI=1S/C24H28ClN3O4/c1-4-10-30-14-17-13-24(22(29)28(3)23(26)27-24)19-11-15(6-8-21(19)32-17)18-12-16(25)7-9-20(18)31-5-2/h6-9,11-12,17H,4-5,10,13-14H2,1-3H3,(H2,26,27)/t17-,24-/m0/s1. The first-order valence-electron chi connectivity index (χ1n) is 10.8. The molecule has 0 unspecified atom stereocenters. The molecule has 2 atom stereocenters. The maximum Gasteiger partial charge on any atom is 0.261 e. The molecule has 2 heterocycles. The van der Waals surface area contributed by atoms with E-state index < -0.39 is 5.54 Å². The molecule has 1 amide bonds. The number of hydrogen-bond acceptors (Lipinski definition) is 6. The number of amides is 1. The summed E-state index contributed by atoms with van der Waals surface area (Å²) < 4.78 is 17.7. The Kier molecular flexibility index (Phi) is 6.31. The minimum atomic E-state index is -1.15. The van der Waals surface area contributed by atoms with Crippen LogP contribution >= 0.6 is 11.6 Å². The smallest absolute Gasteiger partial charge is 0.261 e. The van der Waals surface area contributed by atoms with E-state index in [-0.39, 0.29) is 18.0 Å². The second-order valence-corrected chi connectivity index (χ2v) is 8.43. The van der Waals surface area contributed by atoms with Crippen LogP contribution in [-0.4, -0.2) is 49.7 Å². The van der Waals surface area contributed by atoms with Crippen LogP contribution in [0.25, 0.3) is 11.1 Å². The van der Waals surface area contributed by atoms with Crippen LogP contribution in [0.1, 0.15) is 32.3 Å². The number of fused-ring (bicyclic) bond motifs is 2. The van der Waals surface area contributed by atoms with Crippen molar-refractivity contribution in [3.8, 4) is 22.6 Å². The van der Waals surface area contributed by atoms with Gasteiger partial charge in [-0.1, -0.05) is 24.6 Å². The van der Waals surface area contributed by atoms with Gasteiger partial charge in [0.2, 0.25) is 0 Å². The molecule has 2 aromatic rings. The normalized spacial score (nSPS) is 22.0. The van der Waals surface area contributed by atoms with Gasteiger partial charge in [-0.25, -0.2) is 4.99 Å². The topological polar surface area (TPSA) is 86.4 Å². The number of halogens is 1. The molecule has 0 saturated heterocycles. The number of hydrogen-bond donors (Lipinski definition) is 1. The second kappa shape index (κ2) is 9.00. The minimum Gasteiger partial charge on any atom is -0.493 e. The molecule has 0 saturated carbocycles. The van der Waals surface area contributed by atoms with Crippen LogP contribution in [0.15, 0.2) is 41.4 Å². The predicted molar refractivity (Wildman–Crippen MR) is 124 cm³/mol. The maximum atomic E-state index is 13.4. The number of ether oxygens (including phenoxy) is 3. The molecule has 0 aliphatic carbocycles. The quantitative estimate of drug-likeness (QED) is 0.636. The number of nitrogens with two attached hydrogens (primary N) is 1. The van der Waals surface area contributed by atoms with Crippen LogP contribution in [0.5, 0.6) is 11.5 Å². The molecule has 0 radical (unpaired) electrons. The van der Waals surface area contributed by atoms with Crippen LogP contribution in [0.3, 0.4) is 0 Å². The fourth-order valence-electron chi connectivity index (χ4n) is 4.25. The molecule has 0 fully saturated rings. The fraction of sp³-hybridized carbons (Fsp3) is 0.417. The van der Waals surface area contributed by atoms with Gasteiger partial charge in [-0.15, -0.1) is 0 Å². The van der Waals surface area contributed by atoms with E-state index in [2.05, 4.69) is 4.99 Å². The first-order chi connectivity index (χ1) is 15.4. The lowest BCUT2D eigenvalue weighted by Crippen LogP contribution is -2.46. The van der Waals surface area contributed by atoms with Crippen LogP contribution in [0.4, 0.5) is 0 Å². The van der Waals surface area contributed by atoms with Gasteiger partial charge in [0.1, 0.15) is 17.6 Å². The fourth-order valence-corrected chi connectivity index (χ4v) is 4.43. The molecule has 0 bridgehead atoms. The highest BCUT2D eigenvalue weighted by molar-refractivity contribution is 6.31. The van der Waals surface area contributed by atoms with Gasteiger partial charge in [0, 0.05) is 36.2 Å². The van der Waals surface area contributed by atoms with Crippen molar-refractivity contribution in [2.45, 2.75) is 38.3 Å². The van der Waals surface area contributed by atoms with Crippen molar-refractivity contribution in [3.63, 3.8) is 0 Å². The number of rotatable bonds is 7. The lowest BCUT2D eigenvalue weighted by Gasteiger charge is -2.36. The second-order valence-electron chi connectivity index (χ2n) is 8.00. The van der Waals surface area contributed by atoms with Crippen molar-refractivity contribution in [2.75, 3.05) is 26.9 Å². The molecule has 0 aromatic heterocycles. The van der Waals surface area contributed by atoms with Gasteiger partial charge < -0.3 is 19.9 Å². The Bertz CT molecular complexity index is 1060. The first kappa shape index (κ1) is 22.4. The van der Waals surface area contributed by atoms with Crippen LogP contribution < -0.4 is 15.2 Å². The number of likely N-dealkylation sites (N-methyl/N-ethyl adjacent to an activating group) is 1. The van der Waals surface area contributed by atoms with Crippen molar-refractivity contribution in [1.82, 2.24) is 4.90 Å². The summed E-state index contributed by atoms with van der Waals surface area (Å²) in [6.45, 7) is 5.52. The first-order valence-corrected chi connectivity index (χ1v) is 11.2. The van der Waals surface area contributed by atoms with Gasteiger partial charge in [-0.3, -0.25) is 9.69 Å². The predicted octanol–water partition coefficient (Wildman–Crippen LogP) is 3.97. The molecular formula is C24H28ClN3O4. The van der Waals surface area contributed by atoms with Gasteiger partial charge in [0.05, 0.1) is 13.2 Å². The van der Waals surface area contributed by atoms with E-state index in [4.69, 9.17) is 31.5 Å². The maximum absolute atomic E-state index is 13.4. The molecule has 2 N–H and O–H groups in total. The van der Waals surface area contributed by atoms with Crippen LogP contribution in [0.2, 0.25) is 5.02 Å². The number of benzene rings is 2. The van der Waals surface area contributed by atoms with Crippen molar-refractivity contribution in [2.24, 2.45) is 10.7 Å². The van der Waals surface area contributed by atoms with Gasteiger partial charge >= 0.3 is 0 Å². The number of nitrogens with zero attached hydrogens (tertiary/aromatic N) is 2. The minimum absolute atomic E-state index is 0.173. The van der Waals surface area contributed by atoms with Gasteiger partial charge in [0.15, 0.2) is 11.5 Å². The Morgan fingerprint density at radius 1 is 1.28 bits per heavy atom. The molecule has 2 aromatic carbocycles. The number of carbonyl (C=O) groups excluding carboxylic acids is 1. The lowest BCUT2D eigenvalue weighted by molar-refractivity contribution is -0.132. The molecular weight excluding hydrogens is 430 g/mol. The number of carbonyl (C=O) groups is 1. The highest BCUT2D eigenvalue weighted by Crippen LogP contribution is 2.47. The molecule has 2 aliphatic heterocycles. The van der Waals surface area contributed by atoms with Crippen molar-refractivity contribution >= 4 is 23.5 Å². The molecule has 4 rings (SSSR count).